The second-order valence-electron chi connectivity index (χ2n) is 17.4. The molecule has 0 amide bonds. The molecule has 0 saturated heterocycles. The molecule has 8 rings (SSSR count). The van der Waals surface area contributed by atoms with Crippen molar-refractivity contribution in [2.75, 3.05) is 18.5 Å². The van der Waals surface area contributed by atoms with Crippen LogP contribution in [-0.2, 0) is 48.3 Å². The second-order valence-corrected chi connectivity index (χ2v) is 18.2. The predicted molar refractivity (Wildman–Crippen MR) is 292 cm³/mol. The number of nitrogens with zero attached hydrogens (tertiary/aromatic N) is 7. The number of ketones is 1. The average molecular weight is 1090 g/mol. The van der Waals surface area contributed by atoms with Gasteiger partial charge in [-0.25, -0.2) is 19.9 Å². The minimum absolute atomic E-state index is 0. The first kappa shape index (κ1) is 62.6. The van der Waals surface area contributed by atoms with E-state index in [2.05, 4.69) is 66.7 Å². The Hall–Kier alpha value is -5.68. The van der Waals surface area contributed by atoms with Gasteiger partial charge < -0.3 is 42.9 Å². The first-order chi connectivity index (χ1) is 35.3. The standard InChI is InChI=1S/C15H20N2O2.C14H18N2O.C13H16N2O2.C8H8N2.C7H13BrO2.Na/c1-3-19-15(18)10-6-7-11-17-12(2)16-13-8-4-5-9-14(13)17;1-11(17)7-5-6-10-16-12(2)15-13-8-3-4-9-14(13)16;1-10-14-11-6-2-3-7-12(11)15(10)9-5-4-8-13(16)17;1-6-9-7-4-2-3-5-8(7)10-6;1-2-10-7(9)5-3-4-6-8;/h4-5,8-9H,3,6-7,10-11H2,1-2H3;3-4,8-9H,5-7,10H2,1-2H3;2-3,6-7H,4-5,8-9H2,1H3,(H,16,17);2-5H,1H3,(H,9,10);2-6H2,1H3;/q;;;;;+1/p-1. The number of para-hydroxylation sites is 8. The van der Waals surface area contributed by atoms with Crippen molar-refractivity contribution in [3.8, 4) is 0 Å². The van der Waals surface area contributed by atoms with E-state index in [1.807, 2.05) is 126 Å². The Labute approximate surface area is 466 Å². The van der Waals surface area contributed by atoms with Crippen molar-refractivity contribution in [3.05, 3.63) is 120 Å². The van der Waals surface area contributed by atoms with Gasteiger partial charge in [-0.1, -0.05) is 64.5 Å². The van der Waals surface area contributed by atoms with E-state index in [9.17, 15) is 24.3 Å². The zero-order valence-corrected chi connectivity index (χ0v) is 48.4. The summed E-state index contributed by atoms with van der Waals surface area (Å²) in [5.41, 5.74) is 8.69. The number of aliphatic carboxylic acids is 1. The van der Waals surface area contributed by atoms with Crippen LogP contribution in [0.5, 0.6) is 0 Å². The summed E-state index contributed by atoms with van der Waals surface area (Å²) >= 11 is 3.29. The van der Waals surface area contributed by atoms with Gasteiger partial charge in [-0.05, 0) is 155 Å². The van der Waals surface area contributed by atoms with Gasteiger partial charge in [0.15, 0.2) is 0 Å². The third kappa shape index (κ3) is 21.7. The Bertz CT molecular complexity index is 2810. The fraction of sp³-hybridized carbons (Fsp3) is 0.439. The number of rotatable bonds is 21. The molecule has 0 atom stereocenters. The van der Waals surface area contributed by atoms with Gasteiger partial charge >= 0.3 is 41.5 Å². The van der Waals surface area contributed by atoms with E-state index in [0.29, 0.717) is 38.9 Å². The molecule has 0 fully saturated rings. The van der Waals surface area contributed by atoms with Crippen LogP contribution < -0.4 is 34.7 Å². The maximum Gasteiger partial charge on any atom is 1.00 e. The van der Waals surface area contributed by atoms with E-state index in [0.717, 1.165) is 132 Å². The van der Waals surface area contributed by atoms with Crippen molar-refractivity contribution in [3.63, 3.8) is 0 Å². The van der Waals surface area contributed by atoms with Gasteiger partial charge in [0.1, 0.15) is 29.1 Å². The topological polar surface area (TPSA) is 192 Å². The summed E-state index contributed by atoms with van der Waals surface area (Å²) in [6.07, 6.45) is 9.11. The molecular formula is C57H74BrN8NaO7. The number of hydrogen-bond donors (Lipinski definition) is 1. The summed E-state index contributed by atoms with van der Waals surface area (Å²) in [6, 6.07) is 32.3. The van der Waals surface area contributed by atoms with Crippen molar-refractivity contribution in [1.82, 2.24) is 38.6 Å². The third-order valence-corrected chi connectivity index (χ3v) is 12.2. The maximum atomic E-state index is 11.2. The zero-order valence-electron chi connectivity index (χ0n) is 44.8. The number of carbonyl (C=O) groups is 4. The van der Waals surface area contributed by atoms with Crippen LogP contribution in [0, 0.1) is 27.7 Å². The molecule has 0 aliphatic heterocycles. The molecular weight excluding hydrogens is 1010 g/mol. The second kappa shape index (κ2) is 34.7. The number of alkyl halides is 1. The van der Waals surface area contributed by atoms with Crippen LogP contribution >= 0.6 is 15.9 Å². The minimum atomic E-state index is -0.975. The minimum Gasteiger partial charge on any atom is -0.550 e. The Balaban J connectivity index is 0.000000248. The van der Waals surface area contributed by atoms with Gasteiger partial charge in [0, 0.05) is 50.2 Å². The molecule has 0 spiro atoms. The summed E-state index contributed by atoms with van der Waals surface area (Å²) in [5.74, 6) is 3.14. The number of aromatic amines is 1. The maximum absolute atomic E-state index is 11.2. The first-order valence-electron chi connectivity index (χ1n) is 25.5. The fourth-order valence-corrected chi connectivity index (χ4v) is 8.46. The van der Waals surface area contributed by atoms with Crippen molar-refractivity contribution in [2.24, 2.45) is 0 Å². The molecule has 0 unspecified atom stereocenters. The van der Waals surface area contributed by atoms with Gasteiger partial charge in [-0.2, -0.15) is 0 Å². The molecule has 74 heavy (non-hydrogen) atoms. The van der Waals surface area contributed by atoms with Crippen molar-refractivity contribution >= 4 is 83.8 Å². The number of carboxylic acid groups (broad SMARTS) is 1. The van der Waals surface area contributed by atoms with Crippen LogP contribution in [0.1, 0.15) is 121 Å². The first-order valence-corrected chi connectivity index (χ1v) is 26.6. The number of imidazole rings is 4. The van der Waals surface area contributed by atoms with E-state index in [1.54, 1.807) is 6.92 Å². The molecule has 0 aliphatic rings. The van der Waals surface area contributed by atoms with Crippen molar-refractivity contribution in [1.29, 1.82) is 0 Å². The summed E-state index contributed by atoms with van der Waals surface area (Å²) in [5, 5.41) is 11.3. The number of unbranched alkanes of at least 4 members (excludes halogenated alkanes) is 4. The van der Waals surface area contributed by atoms with Gasteiger partial charge in [0.05, 0.1) is 57.3 Å². The number of hydrogen-bond acceptors (Lipinski definition) is 11. The number of fused-ring (bicyclic) bond motifs is 4. The third-order valence-electron chi connectivity index (χ3n) is 11.6. The number of ether oxygens (including phenoxy) is 2. The molecule has 0 aliphatic carbocycles. The Morgan fingerprint density at radius 3 is 1.26 bits per heavy atom. The predicted octanol–water partition coefficient (Wildman–Crippen LogP) is 8.44. The summed E-state index contributed by atoms with van der Waals surface area (Å²) in [4.78, 5) is 64.0. The number of carbonyl (C=O) groups excluding carboxylic acids is 4. The van der Waals surface area contributed by atoms with Gasteiger partial charge in [-0.15, -0.1) is 0 Å². The number of Topliss-reactive ketones (excluding diaryl/α,β-unsaturated/α-hetero) is 1. The molecule has 8 aromatic rings. The van der Waals surface area contributed by atoms with E-state index < -0.39 is 5.97 Å². The smallest absolute Gasteiger partial charge is 0.550 e. The van der Waals surface area contributed by atoms with Crippen LogP contribution in [-0.4, -0.2) is 80.9 Å². The summed E-state index contributed by atoms with van der Waals surface area (Å²) in [7, 11) is 0. The average Bonchev–Trinajstić information content (AvgIpc) is 4.10. The number of benzene rings is 4. The molecule has 4 aromatic heterocycles. The number of carboxylic acids is 1. The monoisotopic (exact) mass is 1080 g/mol. The normalized spacial score (nSPS) is 10.5. The molecule has 4 heterocycles. The van der Waals surface area contributed by atoms with E-state index >= 15 is 0 Å². The number of aryl methyl sites for hydroxylation is 7. The number of esters is 2. The van der Waals surface area contributed by atoms with Gasteiger partial charge in [0.25, 0.3) is 0 Å². The van der Waals surface area contributed by atoms with E-state index in [4.69, 9.17) is 9.47 Å². The van der Waals surface area contributed by atoms with Crippen LogP contribution in [0.25, 0.3) is 44.1 Å². The van der Waals surface area contributed by atoms with Crippen LogP contribution in [0.4, 0.5) is 0 Å². The molecule has 0 bridgehead atoms. The van der Waals surface area contributed by atoms with Crippen LogP contribution in [0.3, 0.4) is 0 Å². The number of aromatic nitrogens is 8. The molecule has 0 radical (unpaired) electrons. The molecule has 1 N–H and O–H groups in total. The van der Waals surface area contributed by atoms with Gasteiger partial charge in [0.2, 0.25) is 0 Å². The number of nitrogens with one attached hydrogen (secondary N) is 1. The Morgan fingerprint density at radius 1 is 0.514 bits per heavy atom. The summed E-state index contributed by atoms with van der Waals surface area (Å²) in [6.45, 7) is 16.9. The fourth-order valence-electron chi connectivity index (χ4n) is 8.07. The molecule has 17 heteroatoms. The van der Waals surface area contributed by atoms with Crippen molar-refractivity contribution in [2.45, 2.75) is 145 Å². The molecule has 15 nitrogen and oxygen atoms in total. The Kier molecular flexibility index (Phi) is 29.4. The Morgan fingerprint density at radius 2 is 0.878 bits per heavy atom. The quantitative estimate of drug-likeness (QED) is 0.0314. The number of halogens is 1. The van der Waals surface area contributed by atoms with Crippen LogP contribution in [0.2, 0.25) is 0 Å². The summed E-state index contributed by atoms with van der Waals surface area (Å²) < 4.78 is 16.2. The zero-order chi connectivity index (χ0) is 53.0. The molecule has 392 valence electrons. The largest absolute Gasteiger partial charge is 1.00 e. The van der Waals surface area contributed by atoms with E-state index in [-0.39, 0.29) is 53.7 Å². The van der Waals surface area contributed by atoms with Gasteiger partial charge in [-0.3, -0.25) is 9.59 Å². The van der Waals surface area contributed by atoms with Crippen LogP contribution in [0.15, 0.2) is 97.1 Å². The number of H-pyrrole nitrogens is 1. The SMILES string of the molecule is CC(=O)CCCCn1c(C)nc2ccccc21.CCOC(=O)CCCCBr.CCOC(=O)CCCCn1c(C)nc2ccccc21.Cc1nc2ccccc2[nH]1.Cc1nc2ccccc2n1CCCCC(=O)[O-].[Na+]. The van der Waals surface area contributed by atoms with E-state index in [1.165, 1.54) is 5.52 Å². The van der Waals surface area contributed by atoms with Crippen molar-refractivity contribution < 1.29 is 63.3 Å². The molecule has 0 saturated carbocycles. The molecule has 4 aromatic carbocycles.